The topological polar surface area (TPSA) is 114 Å². The van der Waals surface area contributed by atoms with Crippen molar-refractivity contribution >= 4 is 34.8 Å². The summed E-state index contributed by atoms with van der Waals surface area (Å²) in [6, 6.07) is 0. The summed E-state index contributed by atoms with van der Waals surface area (Å²) < 4.78 is 0. The van der Waals surface area contributed by atoms with Crippen LogP contribution in [0.1, 0.15) is 120 Å². The minimum atomic E-state index is -1.06. The first kappa shape index (κ1) is 43.7. The zero-order chi connectivity index (χ0) is 39.6. The van der Waals surface area contributed by atoms with Crippen LogP contribution in [0, 0.1) is 52.8 Å². The summed E-state index contributed by atoms with van der Waals surface area (Å²) >= 11 is 0. The molecule has 0 aliphatic heterocycles. The van der Waals surface area contributed by atoms with Crippen molar-refractivity contribution in [2.24, 2.45) is 52.8 Å². The summed E-state index contributed by atoms with van der Waals surface area (Å²) in [7, 11) is 0. The van der Waals surface area contributed by atoms with E-state index < -0.39 is 41.8 Å². The number of nitrogens with one attached hydrogen (secondary N) is 1. The Morgan fingerprint density at radius 3 is 2.17 bits per heavy atom. The number of hydrogen-bond acceptors (Lipinski definition) is 6. The number of allylic oxidation sites excluding steroid dienone is 9. The zero-order valence-corrected chi connectivity index (χ0v) is 33.7. The lowest BCUT2D eigenvalue weighted by Crippen LogP contribution is -2.41. The summed E-state index contributed by atoms with van der Waals surface area (Å²) in [6.45, 7) is 23.4. The van der Waals surface area contributed by atoms with Crippen LogP contribution in [0.3, 0.4) is 0 Å². The van der Waals surface area contributed by atoms with Crippen LogP contribution in [0.25, 0.3) is 0 Å². The fourth-order valence-corrected chi connectivity index (χ4v) is 8.35. The van der Waals surface area contributed by atoms with E-state index in [9.17, 15) is 28.8 Å². The molecule has 1 N–H and O–H groups in total. The highest BCUT2D eigenvalue weighted by molar-refractivity contribution is 6.38. The van der Waals surface area contributed by atoms with Crippen LogP contribution in [-0.4, -0.2) is 41.4 Å². The van der Waals surface area contributed by atoms with Gasteiger partial charge in [0.1, 0.15) is 0 Å². The number of hydrogen-bond donors (Lipinski definition) is 1. The lowest BCUT2D eigenvalue weighted by Gasteiger charge is -2.37. The molecule has 0 aromatic heterocycles. The van der Waals surface area contributed by atoms with Crippen LogP contribution in [0.2, 0.25) is 0 Å². The number of amides is 1. The monoisotopic (exact) mass is 727 g/mol. The third-order valence-electron chi connectivity index (χ3n) is 11.7. The second-order valence-corrected chi connectivity index (χ2v) is 17.5. The summed E-state index contributed by atoms with van der Waals surface area (Å²) in [5, 5.41) is 2.47. The molecule has 7 nitrogen and oxygen atoms in total. The molecular formula is C46H65NO6. The summed E-state index contributed by atoms with van der Waals surface area (Å²) in [4.78, 5) is 81.3. The highest BCUT2D eigenvalue weighted by Gasteiger charge is 2.40. The highest BCUT2D eigenvalue weighted by atomic mass is 16.2. The maximum Gasteiger partial charge on any atom is 0.288 e. The Balaban J connectivity index is 1.73. The van der Waals surface area contributed by atoms with Crippen molar-refractivity contribution in [3.8, 4) is 0 Å². The van der Waals surface area contributed by atoms with Gasteiger partial charge in [0, 0.05) is 17.8 Å². The van der Waals surface area contributed by atoms with Crippen LogP contribution < -0.4 is 5.32 Å². The Kier molecular flexibility index (Phi) is 16.1. The number of rotatable bonds is 18. The number of ketones is 5. The maximum atomic E-state index is 14.2. The predicted molar refractivity (Wildman–Crippen MR) is 213 cm³/mol. The van der Waals surface area contributed by atoms with Crippen molar-refractivity contribution in [3.63, 3.8) is 0 Å². The van der Waals surface area contributed by atoms with E-state index in [4.69, 9.17) is 0 Å². The van der Waals surface area contributed by atoms with Crippen LogP contribution in [0.4, 0.5) is 0 Å². The van der Waals surface area contributed by atoms with Gasteiger partial charge in [0.25, 0.3) is 5.91 Å². The van der Waals surface area contributed by atoms with Crippen molar-refractivity contribution in [3.05, 3.63) is 71.9 Å². The first-order valence-electron chi connectivity index (χ1n) is 19.9. The molecule has 7 heteroatoms. The molecule has 0 aromatic carbocycles. The largest absolute Gasteiger partial charge is 0.342 e. The first-order valence-corrected chi connectivity index (χ1v) is 19.9. The molecule has 53 heavy (non-hydrogen) atoms. The Morgan fingerprint density at radius 2 is 1.57 bits per heavy atom. The van der Waals surface area contributed by atoms with E-state index in [1.165, 1.54) is 6.42 Å². The fourth-order valence-electron chi connectivity index (χ4n) is 8.35. The fraction of sp³-hybridized carbons (Fsp3) is 0.609. The molecule has 0 saturated heterocycles. The quantitative estimate of drug-likeness (QED) is 0.111. The third-order valence-corrected chi connectivity index (χ3v) is 11.7. The van der Waals surface area contributed by atoms with E-state index in [1.807, 2.05) is 65.8 Å². The second-order valence-electron chi connectivity index (χ2n) is 17.5. The Bertz CT molecular complexity index is 1560. The molecule has 0 heterocycles. The van der Waals surface area contributed by atoms with Gasteiger partial charge >= 0.3 is 0 Å². The predicted octanol–water partition coefficient (Wildman–Crippen LogP) is 9.04. The molecular weight excluding hydrogens is 663 g/mol. The number of carbonyl (C=O) groups is 6. The maximum absolute atomic E-state index is 14.2. The van der Waals surface area contributed by atoms with Gasteiger partial charge < -0.3 is 5.32 Å². The van der Waals surface area contributed by atoms with E-state index in [1.54, 1.807) is 12.2 Å². The Labute approximate surface area is 319 Å². The van der Waals surface area contributed by atoms with Gasteiger partial charge in [0.15, 0.2) is 23.1 Å². The van der Waals surface area contributed by atoms with Gasteiger partial charge in [-0.2, -0.15) is 0 Å². The smallest absolute Gasteiger partial charge is 0.288 e. The van der Waals surface area contributed by atoms with Gasteiger partial charge in [-0.05, 0) is 111 Å². The molecule has 2 saturated carbocycles. The van der Waals surface area contributed by atoms with E-state index in [0.29, 0.717) is 18.8 Å². The second kappa shape index (κ2) is 19.5. The zero-order valence-electron chi connectivity index (χ0n) is 33.7. The van der Waals surface area contributed by atoms with Gasteiger partial charge in [-0.3, -0.25) is 28.8 Å². The minimum Gasteiger partial charge on any atom is -0.342 e. The molecule has 3 rings (SSSR count). The first-order chi connectivity index (χ1) is 24.8. The lowest BCUT2D eigenvalue weighted by molar-refractivity contribution is -0.140. The van der Waals surface area contributed by atoms with Crippen LogP contribution >= 0.6 is 0 Å². The molecule has 0 radical (unpaired) electrons. The van der Waals surface area contributed by atoms with Gasteiger partial charge in [-0.15, -0.1) is 0 Å². The molecule has 3 aliphatic rings. The third kappa shape index (κ3) is 12.4. The van der Waals surface area contributed by atoms with Crippen molar-refractivity contribution in [2.45, 2.75) is 120 Å². The molecule has 290 valence electrons. The van der Waals surface area contributed by atoms with E-state index in [2.05, 4.69) is 32.3 Å². The van der Waals surface area contributed by atoms with Gasteiger partial charge in [-0.1, -0.05) is 109 Å². The molecule has 6 atom stereocenters. The molecule has 1 amide bonds. The molecule has 0 spiro atoms. The summed E-state index contributed by atoms with van der Waals surface area (Å²) in [5.41, 5.74) is 1.84. The Hall–Kier alpha value is -3.74. The SMILES string of the molecule is C=C(CC(C(=O)C=C(C)C)C1C=CC=CC1C)C(=O)CNC(=O)C(=O)[C@H](CC(C)C)C(=C)C(=O)[C@@H]1CCC(C)(C)C/C1=C\C(=O)[C@@H](C)C1CCCCC1. The van der Waals surface area contributed by atoms with Gasteiger partial charge in [0.2, 0.25) is 5.78 Å². The van der Waals surface area contributed by atoms with E-state index in [-0.39, 0.29) is 70.4 Å². The van der Waals surface area contributed by atoms with Gasteiger partial charge in [-0.25, -0.2) is 0 Å². The minimum absolute atomic E-state index is 0.0257. The van der Waals surface area contributed by atoms with Crippen molar-refractivity contribution < 1.29 is 28.8 Å². The summed E-state index contributed by atoms with van der Waals surface area (Å²) in [5.74, 6) is -4.53. The van der Waals surface area contributed by atoms with Crippen LogP contribution in [0.15, 0.2) is 71.9 Å². The average molecular weight is 728 g/mol. The molecule has 0 bridgehead atoms. The number of Topliss-reactive ketones (excluding diaryl/α,β-unsaturated/α-hetero) is 3. The highest BCUT2D eigenvalue weighted by Crippen LogP contribution is 2.44. The molecule has 2 fully saturated rings. The molecule has 3 unspecified atom stereocenters. The van der Waals surface area contributed by atoms with Crippen molar-refractivity contribution in [2.75, 3.05) is 6.54 Å². The molecule has 3 aliphatic carbocycles. The summed E-state index contributed by atoms with van der Waals surface area (Å²) in [6.07, 6.45) is 19.0. The Morgan fingerprint density at radius 1 is 0.925 bits per heavy atom. The van der Waals surface area contributed by atoms with Crippen molar-refractivity contribution in [1.82, 2.24) is 5.32 Å². The molecule has 0 aromatic rings. The van der Waals surface area contributed by atoms with E-state index in [0.717, 1.165) is 43.3 Å². The van der Waals surface area contributed by atoms with Crippen LogP contribution in [-0.2, 0) is 28.8 Å². The standard InChI is InChI=1S/C46H65NO6/c1-28(2)22-38(33(8)43(51)37-20-21-46(9,10)26-35(37)25-40(48)32(7)34-17-12-11-13-18-34)44(52)45(53)47-27-42(50)31(6)24-39(41(49)23-29(3)4)36-19-15-14-16-30(36)5/h14-16,19,23,25,28,30,32,34,36-39H,6,8,11-13,17-18,20-22,24,26-27H2,1-5,7,9-10H3,(H,47,53)/b35-25+/t30?,32-,36?,37+,38+,39?/m0/s1. The average Bonchev–Trinajstić information content (AvgIpc) is 3.10. The normalized spacial score (nSPS) is 23.8. The lowest BCUT2D eigenvalue weighted by atomic mass is 9.66. The van der Waals surface area contributed by atoms with Crippen LogP contribution in [0.5, 0.6) is 0 Å². The van der Waals surface area contributed by atoms with E-state index >= 15 is 0 Å². The van der Waals surface area contributed by atoms with Gasteiger partial charge in [0.05, 0.1) is 12.5 Å². The number of carbonyl (C=O) groups excluding carboxylic acids is 6. The van der Waals surface area contributed by atoms with Crippen molar-refractivity contribution in [1.29, 1.82) is 0 Å².